The van der Waals surface area contributed by atoms with Crippen molar-refractivity contribution in [2.24, 2.45) is 11.1 Å². The van der Waals surface area contributed by atoms with Gasteiger partial charge in [0.15, 0.2) is 0 Å². The lowest BCUT2D eigenvalue weighted by Gasteiger charge is -2.22. The van der Waals surface area contributed by atoms with Crippen LogP contribution in [0.5, 0.6) is 5.75 Å². The van der Waals surface area contributed by atoms with Crippen LogP contribution in [0.15, 0.2) is 48.5 Å². The predicted octanol–water partition coefficient (Wildman–Crippen LogP) is 3.58. The molecule has 24 heavy (non-hydrogen) atoms. The van der Waals surface area contributed by atoms with E-state index >= 15 is 0 Å². The van der Waals surface area contributed by atoms with E-state index in [2.05, 4.69) is 17.9 Å². The van der Waals surface area contributed by atoms with Crippen molar-refractivity contribution in [1.29, 1.82) is 0 Å². The van der Waals surface area contributed by atoms with E-state index in [1.807, 2.05) is 24.3 Å². The zero-order valence-corrected chi connectivity index (χ0v) is 14.2. The van der Waals surface area contributed by atoms with Gasteiger partial charge in [0.1, 0.15) is 18.2 Å². The Balaban J connectivity index is 1.59. The molecule has 1 unspecified atom stereocenters. The number of nitrogens with zero attached hydrogens (tertiary/aromatic N) is 1. The Kier molecular flexibility index (Phi) is 5.17. The minimum Gasteiger partial charge on any atom is -0.489 e. The van der Waals surface area contributed by atoms with Gasteiger partial charge >= 0.3 is 0 Å². The molecule has 0 amide bonds. The Morgan fingerprint density at radius 1 is 1.21 bits per heavy atom. The molecule has 0 bridgehead atoms. The van der Waals surface area contributed by atoms with Crippen molar-refractivity contribution in [3.05, 3.63) is 65.5 Å². The average Bonchev–Trinajstić information content (AvgIpc) is 2.96. The van der Waals surface area contributed by atoms with Gasteiger partial charge in [-0.1, -0.05) is 37.3 Å². The first kappa shape index (κ1) is 16.9. The van der Waals surface area contributed by atoms with Gasteiger partial charge in [-0.3, -0.25) is 4.90 Å². The molecule has 3 nitrogen and oxygen atoms in total. The second kappa shape index (κ2) is 7.32. The van der Waals surface area contributed by atoms with Crippen molar-refractivity contribution in [1.82, 2.24) is 4.90 Å². The van der Waals surface area contributed by atoms with Crippen LogP contribution in [0.2, 0.25) is 0 Å². The molecule has 2 aromatic carbocycles. The van der Waals surface area contributed by atoms with E-state index in [0.29, 0.717) is 5.56 Å². The second-order valence-corrected chi connectivity index (χ2v) is 7.00. The van der Waals surface area contributed by atoms with Gasteiger partial charge in [0.2, 0.25) is 0 Å². The van der Waals surface area contributed by atoms with E-state index in [1.165, 1.54) is 11.6 Å². The molecular formula is C20H25FN2O. The van der Waals surface area contributed by atoms with Gasteiger partial charge in [-0.25, -0.2) is 4.39 Å². The highest BCUT2D eigenvalue weighted by Crippen LogP contribution is 2.29. The molecule has 1 aliphatic heterocycles. The predicted molar refractivity (Wildman–Crippen MR) is 94.2 cm³/mol. The summed E-state index contributed by atoms with van der Waals surface area (Å²) < 4.78 is 19.4. The Bertz CT molecular complexity index is 691. The third-order valence-corrected chi connectivity index (χ3v) is 4.79. The molecule has 1 saturated heterocycles. The van der Waals surface area contributed by atoms with Crippen LogP contribution in [0.1, 0.15) is 24.5 Å². The highest BCUT2D eigenvalue weighted by atomic mass is 19.1. The highest BCUT2D eigenvalue weighted by Gasteiger charge is 2.32. The fourth-order valence-corrected chi connectivity index (χ4v) is 3.20. The molecule has 1 aliphatic rings. The SMILES string of the molecule is CC1(CN)CCN(Cc2cccc(OCc3ccccc3F)c2)C1. The summed E-state index contributed by atoms with van der Waals surface area (Å²) in [7, 11) is 0. The first-order valence-corrected chi connectivity index (χ1v) is 8.46. The lowest BCUT2D eigenvalue weighted by atomic mass is 9.90. The first-order chi connectivity index (χ1) is 11.6. The average molecular weight is 328 g/mol. The molecule has 4 heteroatoms. The zero-order valence-electron chi connectivity index (χ0n) is 14.2. The van der Waals surface area contributed by atoms with Crippen molar-refractivity contribution in [2.75, 3.05) is 19.6 Å². The summed E-state index contributed by atoms with van der Waals surface area (Å²) in [6.07, 6.45) is 1.15. The van der Waals surface area contributed by atoms with E-state index in [9.17, 15) is 4.39 Å². The largest absolute Gasteiger partial charge is 0.489 e. The minimum absolute atomic E-state index is 0.230. The number of nitrogens with two attached hydrogens (primary N) is 1. The van der Waals surface area contributed by atoms with Crippen molar-refractivity contribution in [3.63, 3.8) is 0 Å². The summed E-state index contributed by atoms with van der Waals surface area (Å²) in [5.41, 5.74) is 7.89. The van der Waals surface area contributed by atoms with Crippen LogP contribution in [0.3, 0.4) is 0 Å². The Morgan fingerprint density at radius 3 is 2.79 bits per heavy atom. The molecule has 2 aromatic rings. The molecule has 3 rings (SSSR count). The van der Waals surface area contributed by atoms with E-state index in [0.717, 1.165) is 38.3 Å². The van der Waals surface area contributed by atoms with Crippen molar-refractivity contribution < 1.29 is 9.13 Å². The number of rotatable bonds is 6. The van der Waals surface area contributed by atoms with Crippen LogP contribution < -0.4 is 10.5 Å². The van der Waals surface area contributed by atoms with Crippen LogP contribution in [-0.2, 0) is 13.2 Å². The molecule has 0 aliphatic carbocycles. The lowest BCUT2D eigenvalue weighted by molar-refractivity contribution is 0.272. The van der Waals surface area contributed by atoms with E-state index in [-0.39, 0.29) is 17.8 Å². The zero-order chi connectivity index (χ0) is 17.0. The summed E-state index contributed by atoms with van der Waals surface area (Å²) in [6, 6.07) is 14.8. The van der Waals surface area contributed by atoms with Crippen molar-refractivity contribution >= 4 is 0 Å². The molecule has 0 spiro atoms. The molecule has 0 saturated carbocycles. The van der Waals surface area contributed by atoms with Gasteiger partial charge in [-0.15, -0.1) is 0 Å². The molecule has 1 atom stereocenters. The van der Waals surface area contributed by atoms with Gasteiger partial charge < -0.3 is 10.5 Å². The number of likely N-dealkylation sites (tertiary alicyclic amines) is 1. The fourth-order valence-electron chi connectivity index (χ4n) is 3.20. The van der Waals surface area contributed by atoms with Crippen LogP contribution in [0.4, 0.5) is 4.39 Å². The number of hydrogen-bond acceptors (Lipinski definition) is 3. The number of halogens is 1. The lowest BCUT2D eigenvalue weighted by Crippen LogP contribution is -2.31. The summed E-state index contributed by atoms with van der Waals surface area (Å²) in [6.45, 7) is 6.23. The first-order valence-electron chi connectivity index (χ1n) is 8.46. The maximum Gasteiger partial charge on any atom is 0.129 e. The molecule has 128 valence electrons. The maximum atomic E-state index is 13.7. The maximum absolute atomic E-state index is 13.7. The van der Waals surface area contributed by atoms with Crippen LogP contribution in [0.25, 0.3) is 0 Å². The molecule has 1 fully saturated rings. The minimum atomic E-state index is -0.230. The summed E-state index contributed by atoms with van der Waals surface area (Å²) >= 11 is 0. The number of ether oxygens (including phenoxy) is 1. The molecular weight excluding hydrogens is 303 g/mol. The monoisotopic (exact) mass is 328 g/mol. The Labute approximate surface area is 143 Å². The molecule has 2 N–H and O–H groups in total. The Morgan fingerprint density at radius 2 is 2.04 bits per heavy atom. The van der Waals surface area contributed by atoms with Gasteiger partial charge in [0.25, 0.3) is 0 Å². The topological polar surface area (TPSA) is 38.5 Å². The Hall–Kier alpha value is -1.91. The standard InChI is InChI=1S/C20H25FN2O/c1-20(14-22)9-10-23(15-20)12-16-5-4-7-18(11-16)24-13-17-6-2-3-8-19(17)21/h2-8,11H,9-10,12-15,22H2,1H3. The van der Waals surface area contributed by atoms with E-state index in [1.54, 1.807) is 12.1 Å². The van der Waals surface area contributed by atoms with E-state index < -0.39 is 0 Å². The normalized spacial score (nSPS) is 21.1. The summed E-state index contributed by atoms with van der Waals surface area (Å²) in [4.78, 5) is 2.43. The van der Waals surface area contributed by atoms with Crippen molar-refractivity contribution in [3.8, 4) is 5.75 Å². The quantitative estimate of drug-likeness (QED) is 0.881. The summed E-state index contributed by atoms with van der Waals surface area (Å²) in [5, 5.41) is 0. The summed E-state index contributed by atoms with van der Waals surface area (Å²) in [5.74, 6) is 0.545. The van der Waals surface area contributed by atoms with Crippen molar-refractivity contribution in [2.45, 2.75) is 26.5 Å². The third kappa shape index (κ3) is 4.13. The molecule has 0 radical (unpaired) electrons. The van der Waals surface area contributed by atoms with Crippen LogP contribution in [0, 0.1) is 11.2 Å². The van der Waals surface area contributed by atoms with Gasteiger partial charge in [-0.05, 0) is 48.7 Å². The molecule has 0 aromatic heterocycles. The third-order valence-electron chi connectivity index (χ3n) is 4.79. The fraction of sp³-hybridized carbons (Fsp3) is 0.400. The van der Waals surface area contributed by atoms with E-state index in [4.69, 9.17) is 10.5 Å². The second-order valence-electron chi connectivity index (χ2n) is 7.00. The smallest absolute Gasteiger partial charge is 0.129 e. The number of hydrogen-bond donors (Lipinski definition) is 1. The van der Waals surface area contributed by atoms with Gasteiger partial charge in [0, 0.05) is 18.7 Å². The molecule has 1 heterocycles. The van der Waals surface area contributed by atoms with Gasteiger partial charge in [-0.2, -0.15) is 0 Å². The van der Waals surface area contributed by atoms with Gasteiger partial charge in [0.05, 0.1) is 0 Å². The van der Waals surface area contributed by atoms with Crippen LogP contribution in [-0.4, -0.2) is 24.5 Å². The highest BCUT2D eigenvalue weighted by molar-refractivity contribution is 5.29. The number of benzene rings is 2. The van der Waals surface area contributed by atoms with Crippen LogP contribution >= 0.6 is 0 Å².